The monoisotopic (exact) mass is 1150 g/mol. The highest BCUT2D eigenvalue weighted by molar-refractivity contribution is 5.98. The van der Waals surface area contributed by atoms with Gasteiger partial charge in [0.2, 0.25) is 23.6 Å². The van der Waals surface area contributed by atoms with Gasteiger partial charge in [0.15, 0.2) is 5.78 Å². The quantitative estimate of drug-likeness (QED) is 0.0232. The van der Waals surface area contributed by atoms with Gasteiger partial charge in [0, 0.05) is 92.0 Å². The maximum atomic E-state index is 11.2. The van der Waals surface area contributed by atoms with Gasteiger partial charge in [-0.15, -0.1) is 12.4 Å². The van der Waals surface area contributed by atoms with E-state index >= 15 is 0 Å². The molecule has 0 bridgehead atoms. The molecular weight excluding hydrogens is 1060 g/mol. The van der Waals surface area contributed by atoms with Crippen LogP contribution < -0.4 is 50.7 Å². The summed E-state index contributed by atoms with van der Waals surface area (Å²) in [5.41, 5.74) is 11.7. The summed E-state index contributed by atoms with van der Waals surface area (Å²) in [7, 11) is 7.91. The highest BCUT2D eigenvalue weighted by Crippen LogP contribution is 2.33. The second-order valence-corrected chi connectivity index (χ2v) is 18.8. The maximum Gasteiger partial charge on any atom is 0.316 e. The number of aliphatic hydroxyl groups is 1. The molecule has 5 aromatic rings. The molecule has 1 unspecified atom stereocenters. The molecule has 1 atom stereocenters. The molecule has 20 heteroatoms. The number of carbonyl (C=O) groups excluding carboxylic acids is 7. The molecular formula is C61H86ClN5O14. The van der Waals surface area contributed by atoms with E-state index in [-0.39, 0.29) is 47.6 Å². The molecule has 0 aliphatic rings. The number of ether oxygens (including phenoxy) is 6. The highest BCUT2D eigenvalue weighted by Gasteiger charge is 2.21. The summed E-state index contributed by atoms with van der Waals surface area (Å²) in [6, 6.07) is 28.8. The molecule has 0 heterocycles. The lowest BCUT2D eigenvalue weighted by atomic mass is 9.97. The lowest BCUT2D eigenvalue weighted by Gasteiger charge is -2.21. The molecule has 5 rings (SSSR count). The lowest BCUT2D eigenvalue weighted by molar-refractivity contribution is -0.150. The topological polar surface area (TPSA) is 269 Å². The Morgan fingerprint density at radius 3 is 1.30 bits per heavy atom. The fourth-order valence-electron chi connectivity index (χ4n) is 6.75. The summed E-state index contributed by atoms with van der Waals surface area (Å²) >= 11 is 0. The Hall–Kier alpha value is -8.16. The van der Waals surface area contributed by atoms with Crippen LogP contribution in [0.25, 0.3) is 0 Å². The number of esters is 1. The van der Waals surface area contributed by atoms with Gasteiger partial charge in [-0.2, -0.15) is 0 Å². The van der Waals surface area contributed by atoms with Crippen LogP contribution in [0.3, 0.4) is 0 Å². The first kappa shape index (κ1) is 74.9. The molecule has 0 radical (unpaired) electrons. The van der Waals surface area contributed by atoms with Crippen molar-refractivity contribution in [3.05, 3.63) is 119 Å². The molecule has 19 nitrogen and oxygen atoms in total. The number of amides is 4. The Morgan fingerprint density at radius 1 is 0.519 bits per heavy atom. The van der Waals surface area contributed by atoms with Crippen molar-refractivity contribution in [2.75, 3.05) is 69.2 Å². The minimum Gasteiger partial charge on any atom is -0.497 e. The van der Waals surface area contributed by atoms with Crippen LogP contribution in [0, 0.1) is 5.92 Å². The van der Waals surface area contributed by atoms with Gasteiger partial charge in [0.25, 0.3) is 0 Å². The minimum atomic E-state index is -0.972. The number of hydrogen-bond acceptors (Lipinski definition) is 15. The lowest BCUT2D eigenvalue weighted by Crippen LogP contribution is -2.20. The SMILES string of the molecule is CCOC(=O)C(C)C(C)=O.COc1cc(N)ccc1C(C)C.COc1cc(NC(C)=O)ccc1C(C)(C)O.COc1cc(NC(C)=O)ccc1C(C)=O.COc1cc(NC(C)=O)ccc1C(C)C.COc1cccc(NC(C)=O)c1.Cl. The third-order valence-electron chi connectivity index (χ3n) is 10.8. The first-order chi connectivity index (χ1) is 37.4. The van der Waals surface area contributed by atoms with E-state index in [1.165, 1.54) is 61.3 Å². The third-order valence-corrected chi connectivity index (χ3v) is 10.8. The number of halogens is 1. The van der Waals surface area contributed by atoms with Crippen molar-refractivity contribution >= 4 is 82.0 Å². The Balaban J connectivity index is 0. The molecule has 7 N–H and O–H groups in total. The number of ketones is 2. The van der Waals surface area contributed by atoms with Crippen molar-refractivity contribution in [3.8, 4) is 28.7 Å². The summed E-state index contributed by atoms with van der Waals surface area (Å²) in [4.78, 5) is 75.7. The van der Waals surface area contributed by atoms with Crippen LogP contribution in [-0.4, -0.2) is 88.4 Å². The number of hydrogen-bond donors (Lipinski definition) is 6. The van der Waals surface area contributed by atoms with Gasteiger partial charge in [-0.1, -0.05) is 52.0 Å². The van der Waals surface area contributed by atoms with Crippen LogP contribution in [0.4, 0.5) is 28.4 Å². The van der Waals surface area contributed by atoms with Crippen molar-refractivity contribution in [2.24, 2.45) is 5.92 Å². The van der Waals surface area contributed by atoms with Crippen LogP contribution in [0.5, 0.6) is 28.7 Å². The first-order valence-corrected chi connectivity index (χ1v) is 25.5. The predicted octanol–water partition coefficient (Wildman–Crippen LogP) is 11.8. The average Bonchev–Trinajstić information content (AvgIpc) is 3.38. The summed E-state index contributed by atoms with van der Waals surface area (Å²) in [6.07, 6.45) is 0. The standard InChI is InChI=1S/C12H17NO3.C12H17NO2.C11H13NO3.C10H15NO.C9H11NO2.C7H12O3.ClH/c1-8(14)13-9-5-6-10(12(2,3)15)11(7-9)16-4;1-8(2)11-6-5-10(13-9(3)14)7-12(11)15-4;1-7(13)10-5-4-9(12-8(2)14)6-11(10)15-3;1-7(2)9-5-4-8(11)6-10(9)12-3;1-7(11)10-8-4-3-5-9(6-8)12-2;1-4-10-7(9)5(2)6(3)8;/h5-7,15H,1-4H3,(H,13,14);5-8H,1-4H3,(H,13,14);4-6H,1-3H3,(H,12,14);4-7H,11H2,1-3H3;3-6H,1-2H3,(H,10,11);5H,4H2,1-3H3;1H. The van der Waals surface area contributed by atoms with E-state index in [4.69, 9.17) is 29.4 Å². The van der Waals surface area contributed by atoms with Gasteiger partial charge in [0.1, 0.15) is 40.4 Å². The molecule has 0 aliphatic carbocycles. The van der Waals surface area contributed by atoms with Gasteiger partial charge in [-0.05, 0) is 107 Å². The van der Waals surface area contributed by atoms with Crippen LogP contribution in [0.2, 0.25) is 0 Å². The number of anilines is 5. The van der Waals surface area contributed by atoms with Crippen molar-refractivity contribution in [1.29, 1.82) is 0 Å². The summed E-state index contributed by atoms with van der Waals surface area (Å²) in [5, 5.41) is 20.6. The number of carbonyl (C=O) groups is 7. The van der Waals surface area contributed by atoms with E-state index in [2.05, 4.69) is 53.7 Å². The van der Waals surface area contributed by atoms with Gasteiger partial charge < -0.3 is 60.5 Å². The van der Waals surface area contributed by atoms with E-state index < -0.39 is 17.5 Å². The minimum absolute atomic E-state index is 0. The highest BCUT2D eigenvalue weighted by atomic mass is 35.5. The molecule has 4 amide bonds. The number of benzene rings is 5. The zero-order valence-corrected chi connectivity index (χ0v) is 51.2. The molecule has 0 saturated heterocycles. The Labute approximate surface area is 484 Å². The average molecular weight is 1150 g/mol. The molecule has 0 fully saturated rings. The van der Waals surface area contributed by atoms with Crippen molar-refractivity contribution < 1.29 is 67.1 Å². The van der Waals surface area contributed by atoms with Gasteiger partial charge >= 0.3 is 5.97 Å². The second-order valence-electron chi connectivity index (χ2n) is 18.8. The van der Waals surface area contributed by atoms with E-state index in [1.54, 1.807) is 91.5 Å². The van der Waals surface area contributed by atoms with Gasteiger partial charge in [-0.3, -0.25) is 33.6 Å². The van der Waals surface area contributed by atoms with Crippen LogP contribution >= 0.6 is 12.4 Å². The van der Waals surface area contributed by atoms with E-state index in [0.717, 1.165) is 39.9 Å². The second kappa shape index (κ2) is 38.4. The largest absolute Gasteiger partial charge is 0.497 e. The number of Topliss-reactive ketones (excluding diaryl/α,β-unsaturated/α-hetero) is 2. The van der Waals surface area contributed by atoms with Crippen molar-refractivity contribution in [2.45, 2.75) is 114 Å². The van der Waals surface area contributed by atoms with Crippen LogP contribution in [0.1, 0.15) is 136 Å². The Morgan fingerprint density at radius 2 is 0.914 bits per heavy atom. The maximum absolute atomic E-state index is 11.2. The Bertz CT molecular complexity index is 2810. The molecule has 446 valence electrons. The summed E-state index contributed by atoms with van der Waals surface area (Å²) in [5.74, 6) is 2.61. The van der Waals surface area contributed by atoms with Crippen LogP contribution in [-0.2, 0) is 39.1 Å². The van der Waals surface area contributed by atoms with Crippen molar-refractivity contribution in [3.63, 3.8) is 0 Å². The van der Waals surface area contributed by atoms with E-state index in [1.807, 2.05) is 54.6 Å². The first-order valence-electron chi connectivity index (χ1n) is 25.5. The molecule has 81 heavy (non-hydrogen) atoms. The molecule has 0 aliphatic heterocycles. The normalized spacial score (nSPS) is 10.2. The third kappa shape index (κ3) is 29.6. The Kier molecular flexibility index (Phi) is 35.6. The number of nitrogen functional groups attached to an aromatic ring is 1. The number of nitrogens with two attached hydrogens (primary N) is 1. The number of rotatable bonds is 16. The predicted molar refractivity (Wildman–Crippen MR) is 324 cm³/mol. The molecule has 0 aromatic heterocycles. The summed E-state index contributed by atoms with van der Waals surface area (Å²) < 4.78 is 30.3. The number of methoxy groups -OCH3 is 5. The number of nitrogens with one attached hydrogen (secondary N) is 4. The fourth-order valence-corrected chi connectivity index (χ4v) is 6.75. The van der Waals surface area contributed by atoms with Crippen molar-refractivity contribution in [1.82, 2.24) is 0 Å². The van der Waals surface area contributed by atoms with Gasteiger partial charge in [0.05, 0.1) is 53.3 Å². The molecule has 5 aromatic carbocycles. The molecule has 0 spiro atoms. The van der Waals surface area contributed by atoms with E-state index in [9.17, 15) is 38.7 Å². The van der Waals surface area contributed by atoms with Gasteiger partial charge in [-0.25, -0.2) is 0 Å². The zero-order valence-electron chi connectivity index (χ0n) is 50.4. The van der Waals surface area contributed by atoms with Crippen LogP contribution in [0.15, 0.2) is 97.1 Å². The smallest absolute Gasteiger partial charge is 0.316 e. The summed E-state index contributed by atoms with van der Waals surface area (Å²) in [6.45, 7) is 24.1. The fraction of sp³-hybridized carbons (Fsp3) is 0.393. The van der Waals surface area contributed by atoms with E-state index in [0.29, 0.717) is 52.4 Å². The zero-order chi connectivity index (χ0) is 61.4. The molecule has 0 saturated carbocycles.